The van der Waals surface area contributed by atoms with E-state index in [4.69, 9.17) is 0 Å². The highest BCUT2D eigenvalue weighted by molar-refractivity contribution is 7.98. The van der Waals surface area contributed by atoms with Gasteiger partial charge in [0, 0.05) is 22.6 Å². The third kappa shape index (κ3) is 2.84. The predicted octanol–water partition coefficient (Wildman–Crippen LogP) is 3.56. The van der Waals surface area contributed by atoms with Crippen molar-refractivity contribution < 1.29 is 4.92 Å². The van der Waals surface area contributed by atoms with E-state index in [0.717, 1.165) is 10.6 Å². The van der Waals surface area contributed by atoms with Crippen LogP contribution in [0.3, 0.4) is 0 Å². The van der Waals surface area contributed by atoms with E-state index in [1.807, 2.05) is 30.5 Å². The van der Waals surface area contributed by atoms with Crippen molar-refractivity contribution in [1.82, 2.24) is 15.0 Å². The van der Waals surface area contributed by atoms with Crippen LogP contribution in [0, 0.1) is 10.1 Å². The van der Waals surface area contributed by atoms with Crippen LogP contribution >= 0.6 is 11.8 Å². The summed E-state index contributed by atoms with van der Waals surface area (Å²) in [5.74, 6) is 0. The Morgan fingerprint density at radius 1 is 1.18 bits per heavy atom. The maximum atomic E-state index is 10.8. The summed E-state index contributed by atoms with van der Waals surface area (Å²) < 4.78 is 1.66. The van der Waals surface area contributed by atoms with Crippen molar-refractivity contribution in [2.75, 3.05) is 6.26 Å². The molecule has 0 radical (unpaired) electrons. The number of nitro benzene ring substituents is 1. The number of thioether (sulfide) groups is 1. The summed E-state index contributed by atoms with van der Waals surface area (Å²) in [4.78, 5) is 11.6. The van der Waals surface area contributed by atoms with E-state index in [1.54, 1.807) is 34.8 Å². The second-order valence-electron chi connectivity index (χ2n) is 4.56. The Morgan fingerprint density at radius 2 is 2.00 bits per heavy atom. The minimum atomic E-state index is -0.421. The molecule has 3 rings (SSSR count). The van der Waals surface area contributed by atoms with Crippen molar-refractivity contribution in [2.45, 2.75) is 4.90 Å². The zero-order valence-electron chi connectivity index (χ0n) is 11.7. The molecule has 0 amide bonds. The standard InChI is InChI=1S/C15H12N4O2S/c1-22-14-7-3-5-12(9-14)18-10-15(16-17-18)11-4-2-6-13(8-11)19(20)21/h2-10H,1H3. The fourth-order valence-electron chi connectivity index (χ4n) is 2.05. The molecule has 6 nitrogen and oxygen atoms in total. The van der Waals surface area contributed by atoms with E-state index in [2.05, 4.69) is 10.3 Å². The number of rotatable bonds is 4. The van der Waals surface area contributed by atoms with Gasteiger partial charge in [0.2, 0.25) is 0 Å². The number of benzene rings is 2. The van der Waals surface area contributed by atoms with Crippen LogP contribution in [0.2, 0.25) is 0 Å². The first-order valence-electron chi connectivity index (χ1n) is 6.49. The van der Waals surface area contributed by atoms with Crippen molar-refractivity contribution in [3.63, 3.8) is 0 Å². The van der Waals surface area contributed by atoms with Gasteiger partial charge in [0.25, 0.3) is 5.69 Å². The largest absolute Gasteiger partial charge is 0.270 e. The van der Waals surface area contributed by atoms with Crippen molar-refractivity contribution in [2.24, 2.45) is 0 Å². The van der Waals surface area contributed by atoms with Crippen molar-refractivity contribution in [3.05, 3.63) is 64.8 Å². The Hall–Kier alpha value is -2.67. The van der Waals surface area contributed by atoms with Crippen LogP contribution in [0.1, 0.15) is 0 Å². The van der Waals surface area contributed by atoms with Crippen molar-refractivity contribution in [1.29, 1.82) is 0 Å². The third-order valence-corrected chi connectivity index (χ3v) is 3.89. The van der Waals surface area contributed by atoms with Gasteiger partial charge in [0.1, 0.15) is 5.69 Å². The molecule has 0 N–H and O–H groups in total. The molecule has 0 aliphatic heterocycles. The lowest BCUT2D eigenvalue weighted by Crippen LogP contribution is -1.94. The van der Waals surface area contributed by atoms with Crippen LogP contribution in [-0.4, -0.2) is 26.2 Å². The maximum Gasteiger partial charge on any atom is 0.270 e. The molecule has 1 aromatic heterocycles. The SMILES string of the molecule is CSc1cccc(-n2cc(-c3cccc([N+](=O)[O-])c3)nn2)c1. The fraction of sp³-hybridized carbons (Fsp3) is 0.0667. The molecule has 1 heterocycles. The predicted molar refractivity (Wildman–Crippen MR) is 85.2 cm³/mol. The lowest BCUT2D eigenvalue weighted by molar-refractivity contribution is -0.384. The highest BCUT2D eigenvalue weighted by Crippen LogP contribution is 2.23. The summed E-state index contributed by atoms with van der Waals surface area (Å²) >= 11 is 1.65. The number of hydrogen-bond donors (Lipinski definition) is 0. The van der Waals surface area contributed by atoms with Crippen LogP contribution in [0.15, 0.2) is 59.6 Å². The first kappa shape index (κ1) is 14.3. The molecule has 0 unspecified atom stereocenters. The summed E-state index contributed by atoms with van der Waals surface area (Å²) in [6.45, 7) is 0. The molecule has 22 heavy (non-hydrogen) atoms. The summed E-state index contributed by atoms with van der Waals surface area (Å²) in [5, 5.41) is 19.0. The lowest BCUT2D eigenvalue weighted by Gasteiger charge is -2.01. The first-order chi connectivity index (χ1) is 10.7. The quantitative estimate of drug-likeness (QED) is 0.418. The normalized spacial score (nSPS) is 10.6. The third-order valence-electron chi connectivity index (χ3n) is 3.16. The number of nitro groups is 1. The molecule has 0 bridgehead atoms. The Morgan fingerprint density at radius 3 is 2.77 bits per heavy atom. The topological polar surface area (TPSA) is 73.8 Å². The Bertz CT molecular complexity index is 832. The van der Waals surface area contributed by atoms with Gasteiger partial charge in [0.05, 0.1) is 16.8 Å². The summed E-state index contributed by atoms with van der Waals surface area (Å²) in [7, 11) is 0. The molecular weight excluding hydrogens is 300 g/mol. The van der Waals surface area contributed by atoms with E-state index in [-0.39, 0.29) is 5.69 Å². The molecule has 0 atom stereocenters. The van der Waals surface area contributed by atoms with E-state index >= 15 is 0 Å². The van der Waals surface area contributed by atoms with Gasteiger partial charge in [-0.05, 0) is 24.5 Å². The van der Waals surface area contributed by atoms with E-state index < -0.39 is 4.92 Å². The Kier molecular flexibility index (Phi) is 3.88. The highest BCUT2D eigenvalue weighted by Gasteiger charge is 2.10. The van der Waals surface area contributed by atoms with Gasteiger partial charge in [-0.1, -0.05) is 23.4 Å². The van der Waals surface area contributed by atoms with Crippen molar-refractivity contribution >= 4 is 17.4 Å². The average Bonchev–Trinajstić information content (AvgIpc) is 3.05. The smallest absolute Gasteiger partial charge is 0.258 e. The van der Waals surface area contributed by atoms with Crippen LogP contribution < -0.4 is 0 Å². The van der Waals surface area contributed by atoms with Crippen LogP contribution in [0.5, 0.6) is 0 Å². The van der Waals surface area contributed by atoms with E-state index in [0.29, 0.717) is 11.3 Å². The Labute approximate surface area is 130 Å². The summed E-state index contributed by atoms with van der Waals surface area (Å²) in [6.07, 6.45) is 3.77. The van der Waals surface area contributed by atoms with Gasteiger partial charge in [-0.15, -0.1) is 16.9 Å². The summed E-state index contributed by atoms with van der Waals surface area (Å²) in [5.41, 5.74) is 2.20. The molecule has 3 aromatic rings. The van der Waals surface area contributed by atoms with Gasteiger partial charge in [-0.25, -0.2) is 4.68 Å². The molecule has 0 fully saturated rings. The highest BCUT2D eigenvalue weighted by atomic mass is 32.2. The second-order valence-corrected chi connectivity index (χ2v) is 5.44. The first-order valence-corrected chi connectivity index (χ1v) is 7.71. The molecule has 0 aliphatic carbocycles. The van der Waals surface area contributed by atoms with E-state index in [1.165, 1.54) is 12.1 Å². The van der Waals surface area contributed by atoms with E-state index in [9.17, 15) is 10.1 Å². The van der Waals surface area contributed by atoms with Gasteiger partial charge < -0.3 is 0 Å². The van der Waals surface area contributed by atoms with Gasteiger partial charge in [-0.2, -0.15) is 0 Å². The Balaban J connectivity index is 1.96. The molecule has 0 saturated carbocycles. The van der Waals surface area contributed by atoms with Crippen LogP contribution in [0.25, 0.3) is 16.9 Å². The molecule has 2 aromatic carbocycles. The molecule has 0 spiro atoms. The molecule has 7 heteroatoms. The summed E-state index contributed by atoms with van der Waals surface area (Å²) in [6, 6.07) is 14.3. The number of nitrogens with zero attached hydrogens (tertiary/aromatic N) is 4. The lowest BCUT2D eigenvalue weighted by atomic mass is 10.1. The van der Waals surface area contributed by atoms with Gasteiger partial charge in [-0.3, -0.25) is 10.1 Å². The molecule has 110 valence electrons. The second kappa shape index (κ2) is 5.98. The number of non-ortho nitro benzene ring substituents is 1. The van der Waals surface area contributed by atoms with Crippen LogP contribution in [-0.2, 0) is 0 Å². The zero-order valence-corrected chi connectivity index (χ0v) is 12.5. The molecule has 0 aliphatic rings. The fourth-order valence-corrected chi connectivity index (χ4v) is 2.51. The van der Waals surface area contributed by atoms with Gasteiger partial charge >= 0.3 is 0 Å². The molecular formula is C15H12N4O2S. The van der Waals surface area contributed by atoms with Crippen LogP contribution in [0.4, 0.5) is 5.69 Å². The zero-order chi connectivity index (χ0) is 15.5. The number of hydrogen-bond acceptors (Lipinski definition) is 5. The van der Waals surface area contributed by atoms with Gasteiger partial charge in [0.15, 0.2) is 0 Å². The number of aromatic nitrogens is 3. The van der Waals surface area contributed by atoms with Crippen molar-refractivity contribution in [3.8, 4) is 16.9 Å². The average molecular weight is 312 g/mol. The molecule has 0 saturated heterocycles. The monoisotopic (exact) mass is 312 g/mol. The maximum absolute atomic E-state index is 10.8. The minimum Gasteiger partial charge on any atom is -0.258 e. The minimum absolute atomic E-state index is 0.0384.